The summed E-state index contributed by atoms with van der Waals surface area (Å²) in [6.07, 6.45) is 1.12. The van der Waals surface area contributed by atoms with Gasteiger partial charge in [0.1, 0.15) is 15.7 Å². The summed E-state index contributed by atoms with van der Waals surface area (Å²) < 4.78 is 37.1. The zero-order chi connectivity index (χ0) is 17.2. The molecule has 0 spiro atoms. The molecule has 0 bridgehead atoms. The van der Waals surface area contributed by atoms with Crippen LogP contribution >= 0.6 is 0 Å². The Kier molecular flexibility index (Phi) is 4.89. The third kappa shape index (κ3) is 4.19. The van der Waals surface area contributed by atoms with Gasteiger partial charge in [0.25, 0.3) is 5.91 Å². The predicted octanol–water partition coefficient (Wildman–Crippen LogP) is 2.01. The van der Waals surface area contributed by atoms with Gasteiger partial charge in [-0.15, -0.1) is 0 Å². The number of rotatable bonds is 5. The van der Waals surface area contributed by atoms with E-state index in [0.29, 0.717) is 11.3 Å². The molecule has 0 saturated carbocycles. The van der Waals surface area contributed by atoms with E-state index in [2.05, 4.69) is 5.32 Å². The van der Waals surface area contributed by atoms with Crippen molar-refractivity contribution in [1.29, 1.82) is 0 Å². The Morgan fingerprint density at radius 3 is 2.39 bits per heavy atom. The molecule has 1 aromatic heterocycles. The van der Waals surface area contributed by atoms with E-state index in [1.165, 1.54) is 12.1 Å². The monoisotopic (exact) mass is 338 g/mol. The number of carbonyl (C=O) groups excluding carboxylic acids is 1. The maximum Gasteiger partial charge on any atom is 0.253 e. The Morgan fingerprint density at radius 1 is 1.22 bits per heavy atom. The number of nitrogens with zero attached hydrogens (tertiary/aromatic N) is 1. The van der Waals surface area contributed by atoms with Gasteiger partial charge in [0.05, 0.1) is 11.3 Å². The van der Waals surface area contributed by atoms with E-state index in [4.69, 9.17) is 0 Å². The molecule has 0 aliphatic heterocycles. The summed E-state index contributed by atoms with van der Waals surface area (Å²) in [5.74, 6) is -0.750. The van der Waals surface area contributed by atoms with Gasteiger partial charge in [0, 0.05) is 29.9 Å². The zero-order valence-electron chi connectivity index (χ0n) is 13.3. The number of aromatic nitrogens is 1. The molecule has 1 aromatic carbocycles. The number of halogens is 1. The fourth-order valence-electron chi connectivity index (χ4n) is 2.43. The molecule has 0 atom stereocenters. The molecule has 5 nitrogen and oxygen atoms in total. The van der Waals surface area contributed by atoms with Crippen LogP contribution in [0, 0.1) is 19.7 Å². The van der Waals surface area contributed by atoms with Gasteiger partial charge in [-0.1, -0.05) is 0 Å². The van der Waals surface area contributed by atoms with E-state index in [1.54, 1.807) is 25.1 Å². The molecule has 1 N–H and O–H groups in total. The first-order valence-corrected chi connectivity index (χ1v) is 9.16. The van der Waals surface area contributed by atoms with E-state index in [0.717, 1.165) is 17.6 Å². The summed E-state index contributed by atoms with van der Waals surface area (Å²) in [4.78, 5) is 12.2. The molecule has 2 rings (SSSR count). The molecule has 124 valence electrons. The van der Waals surface area contributed by atoms with Crippen LogP contribution in [0.3, 0.4) is 0 Å². The van der Waals surface area contributed by atoms with Crippen LogP contribution in [0.25, 0.3) is 5.69 Å². The van der Waals surface area contributed by atoms with Gasteiger partial charge in [-0.3, -0.25) is 4.79 Å². The number of nitrogens with one attached hydrogen (secondary N) is 1. The second kappa shape index (κ2) is 6.54. The SMILES string of the molecule is Cc1cc(C(=O)NCCS(C)(=O)=O)c(C)n1-c1ccc(F)cc1. The standard InChI is InChI=1S/C16H19FN2O3S/c1-11-10-15(16(20)18-8-9-23(3,21)22)12(2)19(11)14-6-4-13(17)5-7-14/h4-7,10H,8-9H2,1-3H3,(H,18,20). The highest BCUT2D eigenvalue weighted by Gasteiger charge is 2.16. The minimum Gasteiger partial charge on any atom is -0.351 e. The predicted molar refractivity (Wildman–Crippen MR) is 87.2 cm³/mol. The number of carbonyl (C=O) groups is 1. The van der Waals surface area contributed by atoms with Crippen LogP contribution in [-0.4, -0.2) is 37.4 Å². The molecule has 1 heterocycles. The summed E-state index contributed by atoms with van der Waals surface area (Å²) >= 11 is 0. The quantitative estimate of drug-likeness (QED) is 0.907. The lowest BCUT2D eigenvalue weighted by Crippen LogP contribution is -2.29. The summed E-state index contributed by atoms with van der Waals surface area (Å²) in [6, 6.07) is 7.73. The normalized spacial score (nSPS) is 11.5. The zero-order valence-corrected chi connectivity index (χ0v) is 14.1. The lowest BCUT2D eigenvalue weighted by molar-refractivity contribution is 0.0955. The van der Waals surface area contributed by atoms with Crippen molar-refractivity contribution in [2.45, 2.75) is 13.8 Å². The fourth-order valence-corrected chi connectivity index (χ4v) is 2.90. The van der Waals surface area contributed by atoms with Crippen molar-refractivity contribution in [3.8, 4) is 5.69 Å². The minimum atomic E-state index is -3.12. The van der Waals surface area contributed by atoms with Gasteiger partial charge in [-0.2, -0.15) is 0 Å². The Labute approximate surface area is 135 Å². The highest BCUT2D eigenvalue weighted by molar-refractivity contribution is 7.90. The largest absolute Gasteiger partial charge is 0.351 e. The van der Waals surface area contributed by atoms with Crippen LogP contribution in [0.5, 0.6) is 0 Å². The highest BCUT2D eigenvalue weighted by Crippen LogP contribution is 2.21. The summed E-state index contributed by atoms with van der Waals surface area (Å²) in [5.41, 5.74) is 2.78. The molecule has 23 heavy (non-hydrogen) atoms. The average Bonchev–Trinajstić information content (AvgIpc) is 2.74. The second-order valence-electron chi connectivity index (χ2n) is 5.48. The van der Waals surface area contributed by atoms with Crippen molar-refractivity contribution in [2.75, 3.05) is 18.6 Å². The smallest absolute Gasteiger partial charge is 0.253 e. The van der Waals surface area contributed by atoms with Gasteiger partial charge in [-0.05, 0) is 44.2 Å². The van der Waals surface area contributed by atoms with Gasteiger partial charge >= 0.3 is 0 Å². The average molecular weight is 338 g/mol. The van der Waals surface area contributed by atoms with Crippen molar-refractivity contribution in [3.63, 3.8) is 0 Å². The molecule has 0 saturated heterocycles. The number of aryl methyl sites for hydroxylation is 1. The fraction of sp³-hybridized carbons (Fsp3) is 0.312. The second-order valence-corrected chi connectivity index (χ2v) is 7.74. The highest BCUT2D eigenvalue weighted by atomic mass is 32.2. The van der Waals surface area contributed by atoms with Crippen LogP contribution < -0.4 is 5.32 Å². The summed E-state index contributed by atoms with van der Waals surface area (Å²) in [7, 11) is -3.12. The van der Waals surface area contributed by atoms with Crippen molar-refractivity contribution in [2.24, 2.45) is 0 Å². The maximum absolute atomic E-state index is 13.1. The van der Waals surface area contributed by atoms with Gasteiger partial charge in [0.15, 0.2) is 0 Å². The summed E-state index contributed by atoms with van der Waals surface area (Å²) in [6.45, 7) is 3.71. The lowest BCUT2D eigenvalue weighted by Gasteiger charge is -2.10. The first-order valence-electron chi connectivity index (χ1n) is 7.10. The lowest BCUT2D eigenvalue weighted by atomic mass is 10.2. The van der Waals surface area contributed by atoms with E-state index < -0.39 is 9.84 Å². The Hall–Kier alpha value is -2.15. The Morgan fingerprint density at radius 2 is 1.83 bits per heavy atom. The first-order chi connectivity index (χ1) is 10.7. The van der Waals surface area contributed by atoms with Crippen molar-refractivity contribution in [1.82, 2.24) is 9.88 Å². The van der Waals surface area contributed by atoms with Crippen LogP contribution in [0.2, 0.25) is 0 Å². The number of hydrogen-bond acceptors (Lipinski definition) is 3. The Bertz CT molecular complexity index is 824. The first kappa shape index (κ1) is 17.2. The van der Waals surface area contributed by atoms with Crippen LogP contribution in [0.1, 0.15) is 21.7 Å². The van der Waals surface area contributed by atoms with E-state index >= 15 is 0 Å². The van der Waals surface area contributed by atoms with Crippen LogP contribution in [0.15, 0.2) is 30.3 Å². The van der Waals surface area contributed by atoms with Crippen molar-refractivity contribution in [3.05, 3.63) is 53.1 Å². The molecule has 0 fully saturated rings. The molecule has 0 aliphatic rings. The minimum absolute atomic E-state index is 0.0673. The maximum atomic E-state index is 13.1. The third-order valence-electron chi connectivity index (χ3n) is 3.52. The third-order valence-corrected chi connectivity index (χ3v) is 4.46. The molecule has 0 aliphatic carbocycles. The van der Waals surface area contributed by atoms with E-state index in [-0.39, 0.29) is 24.0 Å². The molecule has 0 unspecified atom stereocenters. The van der Waals surface area contributed by atoms with E-state index in [1.807, 2.05) is 11.5 Å². The molecule has 0 radical (unpaired) electrons. The van der Waals surface area contributed by atoms with Crippen LogP contribution in [0.4, 0.5) is 4.39 Å². The molecule has 1 amide bonds. The number of benzene rings is 1. The molecular weight excluding hydrogens is 319 g/mol. The van der Waals surface area contributed by atoms with Crippen LogP contribution in [-0.2, 0) is 9.84 Å². The van der Waals surface area contributed by atoms with Crippen molar-refractivity contribution < 1.29 is 17.6 Å². The van der Waals surface area contributed by atoms with E-state index in [9.17, 15) is 17.6 Å². The molecular formula is C16H19FN2O3S. The van der Waals surface area contributed by atoms with Gasteiger partial charge < -0.3 is 9.88 Å². The number of sulfone groups is 1. The van der Waals surface area contributed by atoms with Gasteiger partial charge in [-0.25, -0.2) is 12.8 Å². The number of hydrogen-bond donors (Lipinski definition) is 1. The summed E-state index contributed by atoms with van der Waals surface area (Å²) in [5, 5.41) is 2.61. The number of amides is 1. The van der Waals surface area contributed by atoms with Crippen molar-refractivity contribution >= 4 is 15.7 Å². The topological polar surface area (TPSA) is 68.2 Å². The van der Waals surface area contributed by atoms with Gasteiger partial charge in [0.2, 0.25) is 0 Å². The molecule has 7 heteroatoms. The molecule has 2 aromatic rings. The Balaban J connectivity index is 2.23.